The van der Waals surface area contributed by atoms with E-state index in [0.29, 0.717) is 11.7 Å². The van der Waals surface area contributed by atoms with Crippen molar-refractivity contribution in [1.82, 2.24) is 91.1 Å². The van der Waals surface area contributed by atoms with Crippen molar-refractivity contribution < 1.29 is 63.2 Å². The number of aromatic nitrogens is 19. The summed E-state index contributed by atoms with van der Waals surface area (Å²) in [6.45, 7) is 21.1. The van der Waals surface area contributed by atoms with Crippen LogP contribution in [0.15, 0.2) is 256 Å². The van der Waals surface area contributed by atoms with Crippen LogP contribution in [0.4, 0.5) is 0 Å². The number of imidazole rings is 6. The van der Waals surface area contributed by atoms with E-state index in [1.54, 1.807) is 29.5 Å². The molecule has 0 fully saturated rings. The van der Waals surface area contributed by atoms with E-state index < -0.39 is 0 Å². The fourth-order valence-electron chi connectivity index (χ4n) is 16.1. The molecule has 0 saturated heterocycles. The Labute approximate surface area is 728 Å². The molecule has 22 heteroatoms. The van der Waals surface area contributed by atoms with Crippen molar-refractivity contribution in [2.24, 2.45) is 0 Å². The molecule has 0 radical (unpaired) electrons. The van der Waals surface area contributed by atoms with Gasteiger partial charge < -0.3 is 13.2 Å². The number of aryl methyl sites for hydroxylation is 8. The summed E-state index contributed by atoms with van der Waals surface area (Å²) in [7, 11) is 0. The second-order valence-corrected chi connectivity index (χ2v) is 29.7. The Morgan fingerprint density at radius 1 is 0.328 bits per heavy atom. The Morgan fingerprint density at radius 3 is 1.29 bits per heavy atom. The summed E-state index contributed by atoms with van der Waals surface area (Å²) < 4.78 is 18.5. The number of para-hydroxylation sites is 4. The minimum Gasteiger partial charge on any atom is -0.318 e. The molecule has 0 bridgehead atoms. The van der Waals surface area contributed by atoms with Gasteiger partial charge in [0.1, 0.15) is 29.1 Å². The van der Waals surface area contributed by atoms with Gasteiger partial charge in [0.2, 0.25) is 17.3 Å². The zero-order valence-corrected chi connectivity index (χ0v) is 73.1. The van der Waals surface area contributed by atoms with Crippen LogP contribution in [0.25, 0.3) is 163 Å². The van der Waals surface area contributed by atoms with Gasteiger partial charge in [-0.15, -0.1) is 48.0 Å². The van der Waals surface area contributed by atoms with E-state index in [0.717, 1.165) is 202 Å². The molecule has 586 valence electrons. The van der Waals surface area contributed by atoms with Gasteiger partial charge in [-0.05, 0) is 192 Å². The topological polar surface area (TPSA) is 172 Å². The fraction of sp³-hybridized carbons (Fsp3) is 0.113. The molecule has 0 aliphatic rings. The van der Waals surface area contributed by atoms with Gasteiger partial charge in [0.25, 0.3) is 0 Å². The van der Waals surface area contributed by atoms with E-state index in [-0.39, 0.29) is 63.2 Å². The Bertz CT molecular complexity index is 7590. The van der Waals surface area contributed by atoms with Crippen molar-refractivity contribution in [3.05, 3.63) is 342 Å². The second kappa shape index (κ2) is 31.8. The molecule has 19 nitrogen and oxygen atoms in total. The quantitative estimate of drug-likeness (QED) is 0.113. The predicted molar refractivity (Wildman–Crippen MR) is 458 cm³/mol. The first kappa shape index (κ1) is 78.6. The summed E-state index contributed by atoms with van der Waals surface area (Å²) in [6, 6.07) is 93.9. The molecule has 10 aromatic carbocycles. The van der Waals surface area contributed by atoms with Crippen LogP contribution in [0.5, 0.6) is 0 Å². The molecular weight excluding hydrogens is 2020 g/mol. The normalized spacial score (nSPS) is 11.5. The third kappa shape index (κ3) is 13.6. The Balaban J connectivity index is 0.000000127. The molecule has 12 heterocycles. The van der Waals surface area contributed by atoms with Crippen molar-refractivity contribution in [3.8, 4) is 79.3 Å². The number of nitrogens with zero attached hydrogens (tertiary/aromatic N) is 19. The van der Waals surface area contributed by atoms with Crippen LogP contribution >= 0.6 is 0 Å². The first-order valence-corrected chi connectivity index (χ1v) is 38.6. The monoisotopic (exact) mass is 2090 g/mol. The van der Waals surface area contributed by atoms with Crippen molar-refractivity contribution in [2.75, 3.05) is 0 Å². The number of fused-ring (bicyclic) bond motifs is 15. The van der Waals surface area contributed by atoms with Crippen molar-refractivity contribution in [2.45, 2.75) is 75.2 Å². The molecule has 0 saturated carbocycles. The maximum absolute atomic E-state index is 5.13. The van der Waals surface area contributed by atoms with Crippen LogP contribution in [0.3, 0.4) is 0 Å². The molecule has 22 aromatic rings. The van der Waals surface area contributed by atoms with E-state index in [1.165, 1.54) is 5.56 Å². The van der Waals surface area contributed by atoms with E-state index in [4.69, 9.17) is 30.0 Å². The van der Waals surface area contributed by atoms with Gasteiger partial charge in [0, 0.05) is 43.4 Å². The van der Waals surface area contributed by atoms with E-state index in [1.807, 2.05) is 114 Å². The van der Waals surface area contributed by atoms with E-state index >= 15 is 0 Å². The molecular formula is C97H73N19Pt3. The Kier molecular flexibility index (Phi) is 21.0. The second-order valence-electron chi connectivity index (χ2n) is 29.7. The number of hydrogen-bond acceptors (Lipinski definition) is 10. The molecule has 0 aliphatic carbocycles. The van der Waals surface area contributed by atoms with Gasteiger partial charge in [-0.2, -0.15) is 99.2 Å². The third-order valence-electron chi connectivity index (χ3n) is 21.7. The zero-order valence-electron chi connectivity index (χ0n) is 66.3. The Morgan fingerprint density at radius 2 is 0.782 bits per heavy atom. The summed E-state index contributed by atoms with van der Waals surface area (Å²) >= 11 is 0. The maximum atomic E-state index is 5.13. The SMILES string of the molecule is Cc1cc(C)c(-n2cccn2)[c-]c1-c1[c-]c2c(cc1)n1c3cccc(C)c3nc1n2-c1cc(C(C)C)ccn1.Cc1cccc(C)c1-n1nc(-c2[c-]c(-c3[c-]c4c(cc3)n3c5cccc(C)c5nc3n4-c3ccccn3)ccc2)nc1C.Cc1cccc2c1nc1n(-c3ccccn3)c3[c-]c(-c4[c-]c(-n5cccn5)ccc4)ccc3n21.[Pt+2].[Pt+2].[Pt+2]. The van der Waals surface area contributed by atoms with Gasteiger partial charge >= 0.3 is 63.2 Å². The number of pyridine rings is 3. The first-order valence-electron chi connectivity index (χ1n) is 38.6. The van der Waals surface area contributed by atoms with Gasteiger partial charge in [-0.1, -0.05) is 100.0 Å². The zero-order chi connectivity index (χ0) is 78.7. The fourth-order valence-corrected chi connectivity index (χ4v) is 16.1. The van der Waals surface area contributed by atoms with Crippen molar-refractivity contribution >= 4 is 83.5 Å². The van der Waals surface area contributed by atoms with Gasteiger partial charge in [-0.25, -0.2) is 62.4 Å². The minimum absolute atomic E-state index is 0. The van der Waals surface area contributed by atoms with Crippen LogP contribution < -0.4 is 0 Å². The third-order valence-corrected chi connectivity index (χ3v) is 21.7. The molecule has 119 heavy (non-hydrogen) atoms. The van der Waals surface area contributed by atoms with Gasteiger partial charge in [0.15, 0.2) is 0 Å². The summed E-state index contributed by atoms with van der Waals surface area (Å²) in [5, 5.41) is 13.7. The predicted octanol–water partition coefficient (Wildman–Crippen LogP) is 20.5. The van der Waals surface area contributed by atoms with Crippen LogP contribution in [0.1, 0.15) is 70.1 Å². The standard InChI is InChI=1S/C36H27N7.C33H28N6.C28H18N6.3Pt/c1-22-10-8-15-30-33(22)39-36-41(30)29-18-17-27(21-31(29)42(36)32-16-5-6-19-37-32)26-13-9-14-28(20-26)35-38-25(4)43(40-35)34-23(2)11-7-12-24(34)3;1-20(2)24-12-14-34-31(18-24)39-30-17-25(26-19-29(23(5)16-22(26)4)37-15-7-13-35-37)10-11-27(30)38-28-9-6-8-21(3)32(28)36-33(38)39;1-19-7-4-10-24-27(19)31-28-33(24)23-13-12-21(18-25(23)34(28)26-11-2-3-14-29-26)20-8-5-9-22(17-20)32-16-6-15-30-32;;;/h5-19H,1-4H3;6-16,18,20H,1-5H3;2-16H,1H3;;;/q3*-2;3*+2. The summed E-state index contributed by atoms with van der Waals surface area (Å²) in [4.78, 5) is 34.2. The Hall–Kier alpha value is -12.9. The average molecular weight is 2090 g/mol. The smallest absolute Gasteiger partial charge is 0.318 e. The molecule has 0 atom stereocenters. The molecule has 0 unspecified atom stereocenters. The maximum Gasteiger partial charge on any atom is 2.00 e. The summed E-state index contributed by atoms with van der Waals surface area (Å²) in [5.41, 5.74) is 30.7. The summed E-state index contributed by atoms with van der Waals surface area (Å²) in [6.07, 6.45) is 12.9. The van der Waals surface area contributed by atoms with E-state index in [9.17, 15) is 0 Å². The number of hydrogen-bond donors (Lipinski definition) is 0. The van der Waals surface area contributed by atoms with Gasteiger partial charge in [-0.3, -0.25) is 28.0 Å². The molecule has 0 amide bonds. The largest absolute Gasteiger partial charge is 2.00 e. The van der Waals surface area contributed by atoms with Crippen LogP contribution in [-0.2, 0) is 63.2 Å². The molecule has 12 aromatic heterocycles. The van der Waals surface area contributed by atoms with Crippen molar-refractivity contribution in [1.29, 1.82) is 0 Å². The van der Waals surface area contributed by atoms with Gasteiger partial charge in [0.05, 0.1) is 38.8 Å². The van der Waals surface area contributed by atoms with Crippen molar-refractivity contribution in [3.63, 3.8) is 0 Å². The molecule has 0 spiro atoms. The minimum atomic E-state index is 0. The van der Waals surface area contributed by atoms with Crippen LogP contribution in [0, 0.1) is 91.8 Å². The molecule has 0 aliphatic heterocycles. The average Bonchev–Trinajstić information content (AvgIpc) is 1.57. The number of benzene rings is 10. The van der Waals surface area contributed by atoms with Crippen LogP contribution in [-0.4, -0.2) is 91.1 Å². The van der Waals surface area contributed by atoms with Crippen LogP contribution in [0.2, 0.25) is 0 Å². The number of rotatable bonds is 11. The first-order chi connectivity index (χ1) is 56.7. The molecule has 22 rings (SSSR count). The van der Waals surface area contributed by atoms with E-state index in [2.05, 4.69) is 279 Å². The molecule has 0 N–H and O–H groups in total. The summed E-state index contributed by atoms with van der Waals surface area (Å²) in [5.74, 6) is 6.74.